The first-order chi connectivity index (χ1) is 14.1. The number of thiocarbonyl (C=S) groups is 1. The minimum atomic E-state index is -0.340. The lowest BCUT2D eigenvalue weighted by Gasteiger charge is -2.08. The van der Waals surface area contributed by atoms with Gasteiger partial charge >= 0.3 is 0 Å². The molecule has 1 aromatic heterocycles. The molecule has 0 spiro atoms. The Bertz CT molecular complexity index is 1060. The molecule has 9 heteroatoms. The van der Waals surface area contributed by atoms with Gasteiger partial charge in [0.2, 0.25) is 0 Å². The summed E-state index contributed by atoms with van der Waals surface area (Å²) in [7, 11) is 0. The number of benzene rings is 2. The number of carbonyl (C=O) groups is 1. The van der Waals surface area contributed by atoms with Crippen LogP contribution in [0.4, 0.5) is 21.6 Å². The van der Waals surface area contributed by atoms with Crippen molar-refractivity contribution >= 4 is 40.4 Å². The number of H-pyrrole nitrogens is 1. The monoisotopic (exact) mass is 408 g/mol. The van der Waals surface area contributed by atoms with Crippen LogP contribution in [0.3, 0.4) is 0 Å². The molecule has 146 valence electrons. The molecule has 2 aromatic carbocycles. The van der Waals surface area contributed by atoms with Crippen LogP contribution in [-0.4, -0.2) is 21.2 Å². The highest BCUT2D eigenvalue weighted by atomic mass is 32.1. The summed E-state index contributed by atoms with van der Waals surface area (Å²) in [5.41, 5.74) is 2.39. The Hall–Kier alpha value is -3.46. The molecule has 1 saturated carbocycles. The van der Waals surface area contributed by atoms with E-state index in [0.717, 1.165) is 18.5 Å². The van der Waals surface area contributed by atoms with Crippen LogP contribution in [-0.2, 0) is 0 Å². The Morgan fingerprint density at radius 2 is 1.83 bits per heavy atom. The zero-order valence-corrected chi connectivity index (χ0v) is 16.0. The van der Waals surface area contributed by atoms with Crippen LogP contribution >= 0.6 is 12.2 Å². The van der Waals surface area contributed by atoms with Crippen LogP contribution in [0.5, 0.6) is 0 Å². The van der Waals surface area contributed by atoms with Crippen LogP contribution in [0.25, 0.3) is 0 Å². The van der Waals surface area contributed by atoms with Crippen LogP contribution in [0.1, 0.15) is 34.8 Å². The quantitative estimate of drug-likeness (QED) is 0.410. The molecule has 1 aliphatic rings. The van der Waals surface area contributed by atoms with Crippen molar-refractivity contribution in [3.05, 3.63) is 71.7 Å². The highest BCUT2D eigenvalue weighted by molar-refractivity contribution is 7.80. The molecule has 0 unspecified atom stereocenters. The van der Waals surface area contributed by atoms with Gasteiger partial charge in [-0.3, -0.25) is 15.2 Å². The van der Waals surface area contributed by atoms with E-state index in [1.165, 1.54) is 24.3 Å². The largest absolute Gasteiger partial charge is 0.314 e. The van der Waals surface area contributed by atoms with Crippen LogP contribution in [0.2, 0.25) is 0 Å². The minimum Gasteiger partial charge on any atom is -0.314 e. The lowest BCUT2D eigenvalue weighted by molar-refractivity contribution is 0.0977. The molecule has 0 atom stereocenters. The third kappa shape index (κ3) is 4.69. The Morgan fingerprint density at radius 1 is 1.10 bits per heavy atom. The third-order valence-corrected chi connectivity index (χ3v) is 4.54. The highest BCUT2D eigenvalue weighted by Gasteiger charge is 2.30. The highest BCUT2D eigenvalue weighted by Crippen LogP contribution is 2.45. The van der Waals surface area contributed by atoms with Crippen molar-refractivity contribution in [3.8, 4) is 0 Å². The van der Waals surface area contributed by atoms with Gasteiger partial charge in [-0.2, -0.15) is 10.2 Å². The SMILES string of the molecule is O=C(NC(=S)Nc1n[nH]c(C2CC2)c1N=Nc1ccc(F)cc1)c1ccccc1. The summed E-state index contributed by atoms with van der Waals surface area (Å²) in [6.07, 6.45) is 2.08. The van der Waals surface area contributed by atoms with Crippen molar-refractivity contribution in [1.82, 2.24) is 15.5 Å². The Kier molecular flexibility index (Phi) is 5.39. The summed E-state index contributed by atoms with van der Waals surface area (Å²) in [5, 5.41) is 21.3. The van der Waals surface area contributed by atoms with Crippen LogP contribution < -0.4 is 10.6 Å². The number of aromatic amines is 1. The molecule has 4 rings (SSSR count). The van der Waals surface area contributed by atoms with Crippen molar-refractivity contribution < 1.29 is 9.18 Å². The Morgan fingerprint density at radius 3 is 2.52 bits per heavy atom. The van der Waals surface area contributed by atoms with E-state index in [1.807, 2.05) is 6.07 Å². The van der Waals surface area contributed by atoms with Gasteiger partial charge in [0.25, 0.3) is 5.91 Å². The number of halogens is 1. The van der Waals surface area contributed by atoms with Crippen molar-refractivity contribution in [2.45, 2.75) is 18.8 Å². The number of anilines is 1. The maximum Gasteiger partial charge on any atom is 0.257 e. The second kappa shape index (κ2) is 8.27. The summed E-state index contributed by atoms with van der Waals surface area (Å²) >= 11 is 5.24. The van der Waals surface area contributed by atoms with Gasteiger partial charge in [-0.15, -0.1) is 5.11 Å². The average molecular weight is 408 g/mol. The van der Waals surface area contributed by atoms with Crippen molar-refractivity contribution in [3.63, 3.8) is 0 Å². The minimum absolute atomic E-state index is 0.103. The molecule has 1 amide bonds. The molecule has 1 fully saturated rings. The fraction of sp³-hybridized carbons (Fsp3) is 0.150. The molecule has 0 bridgehead atoms. The zero-order valence-electron chi connectivity index (χ0n) is 15.2. The first-order valence-corrected chi connectivity index (χ1v) is 9.44. The van der Waals surface area contributed by atoms with E-state index in [9.17, 15) is 9.18 Å². The second-order valence-electron chi connectivity index (χ2n) is 6.56. The number of azo groups is 1. The molecular formula is C20H17FN6OS. The van der Waals surface area contributed by atoms with Gasteiger partial charge in [-0.25, -0.2) is 4.39 Å². The standard InChI is InChI=1S/C20H17FN6OS/c21-14-8-10-15(11-9-14)24-26-17-16(12-6-7-12)25-27-18(17)22-20(29)23-19(28)13-4-2-1-3-5-13/h1-5,8-12H,6-7H2,(H3,22,23,25,27,28,29). The van der Waals surface area contributed by atoms with Gasteiger partial charge in [0.1, 0.15) is 5.82 Å². The lowest BCUT2D eigenvalue weighted by atomic mass is 10.2. The summed E-state index contributed by atoms with van der Waals surface area (Å²) in [5.74, 6) is 0.0483. The molecule has 3 aromatic rings. The van der Waals surface area contributed by atoms with E-state index in [4.69, 9.17) is 12.2 Å². The molecule has 3 N–H and O–H groups in total. The molecule has 7 nitrogen and oxygen atoms in total. The maximum absolute atomic E-state index is 13.1. The predicted octanol–water partition coefficient (Wildman–Crippen LogP) is 4.97. The number of nitrogens with zero attached hydrogens (tertiary/aromatic N) is 3. The number of hydrogen-bond donors (Lipinski definition) is 3. The van der Waals surface area contributed by atoms with Gasteiger partial charge in [0.15, 0.2) is 16.6 Å². The molecule has 0 radical (unpaired) electrons. The average Bonchev–Trinajstić information content (AvgIpc) is 3.50. The van der Waals surface area contributed by atoms with Crippen LogP contribution in [0.15, 0.2) is 64.8 Å². The zero-order chi connectivity index (χ0) is 20.2. The van der Waals surface area contributed by atoms with Crippen molar-refractivity contribution in [2.75, 3.05) is 5.32 Å². The number of carbonyl (C=O) groups excluding carboxylic acids is 1. The first kappa shape index (κ1) is 18.9. The van der Waals surface area contributed by atoms with E-state index in [0.29, 0.717) is 28.7 Å². The first-order valence-electron chi connectivity index (χ1n) is 9.03. The predicted molar refractivity (Wildman–Crippen MR) is 111 cm³/mol. The van der Waals surface area contributed by atoms with E-state index in [-0.39, 0.29) is 16.8 Å². The van der Waals surface area contributed by atoms with Gasteiger partial charge in [0.05, 0.1) is 11.4 Å². The van der Waals surface area contributed by atoms with Gasteiger partial charge in [0, 0.05) is 11.5 Å². The molecular weight excluding hydrogens is 391 g/mol. The molecule has 0 saturated heterocycles. The van der Waals surface area contributed by atoms with Gasteiger partial charge in [-0.1, -0.05) is 18.2 Å². The topological polar surface area (TPSA) is 94.5 Å². The summed E-state index contributed by atoms with van der Waals surface area (Å²) < 4.78 is 13.1. The fourth-order valence-corrected chi connectivity index (χ4v) is 2.90. The number of amides is 1. The summed E-state index contributed by atoms with van der Waals surface area (Å²) in [6, 6.07) is 14.5. The number of nitrogens with one attached hydrogen (secondary N) is 3. The van der Waals surface area contributed by atoms with E-state index < -0.39 is 0 Å². The van der Waals surface area contributed by atoms with Gasteiger partial charge in [-0.05, 0) is 61.5 Å². The van der Waals surface area contributed by atoms with Crippen molar-refractivity contribution in [1.29, 1.82) is 0 Å². The van der Waals surface area contributed by atoms with E-state index >= 15 is 0 Å². The third-order valence-electron chi connectivity index (χ3n) is 4.34. The smallest absolute Gasteiger partial charge is 0.257 e. The lowest BCUT2D eigenvalue weighted by Crippen LogP contribution is -2.34. The Balaban J connectivity index is 1.50. The molecule has 1 heterocycles. The normalized spacial score (nSPS) is 13.4. The Labute approximate surface area is 171 Å². The summed E-state index contributed by atoms with van der Waals surface area (Å²) in [6.45, 7) is 0. The molecule has 0 aliphatic heterocycles. The number of aromatic nitrogens is 2. The van der Waals surface area contributed by atoms with E-state index in [1.54, 1.807) is 24.3 Å². The molecule has 1 aliphatic carbocycles. The maximum atomic E-state index is 13.1. The molecule has 29 heavy (non-hydrogen) atoms. The van der Waals surface area contributed by atoms with Gasteiger partial charge < -0.3 is 5.32 Å². The van der Waals surface area contributed by atoms with Crippen molar-refractivity contribution in [2.24, 2.45) is 10.2 Å². The second-order valence-corrected chi connectivity index (χ2v) is 6.97. The number of hydrogen-bond acceptors (Lipinski definition) is 5. The van der Waals surface area contributed by atoms with E-state index in [2.05, 4.69) is 31.1 Å². The number of rotatable bonds is 5. The fourth-order valence-electron chi connectivity index (χ4n) is 2.71. The van der Waals surface area contributed by atoms with Crippen LogP contribution in [0, 0.1) is 5.82 Å². The summed E-state index contributed by atoms with van der Waals surface area (Å²) in [4.78, 5) is 12.3.